The molecule has 0 bridgehead atoms. The number of aromatic hydroxyl groups is 1. The zero-order valence-corrected chi connectivity index (χ0v) is 16.6. The minimum Gasteiger partial charge on any atom is -0.504 e. The highest BCUT2D eigenvalue weighted by atomic mass is 32.2. The molecule has 1 N–H and O–H groups in total. The van der Waals surface area contributed by atoms with Gasteiger partial charge in [0.05, 0.1) is 7.11 Å². The summed E-state index contributed by atoms with van der Waals surface area (Å²) in [6.45, 7) is 0.581. The van der Waals surface area contributed by atoms with Crippen LogP contribution in [0.5, 0.6) is 11.5 Å². The van der Waals surface area contributed by atoms with E-state index < -0.39 is 15.8 Å². The van der Waals surface area contributed by atoms with Crippen LogP contribution in [0.25, 0.3) is 6.08 Å². The number of benzene rings is 2. The molecule has 0 unspecified atom stereocenters. The van der Waals surface area contributed by atoms with Gasteiger partial charge in [0.25, 0.3) is 0 Å². The number of ether oxygens (including phenoxy) is 1. The van der Waals surface area contributed by atoms with Crippen molar-refractivity contribution in [3.8, 4) is 11.5 Å². The second-order valence-corrected chi connectivity index (χ2v) is 8.33. The smallest absolute Gasteiger partial charge is 0.246 e. The van der Waals surface area contributed by atoms with Crippen LogP contribution in [0.15, 0.2) is 53.4 Å². The number of phenols is 1. The maximum Gasteiger partial charge on any atom is 0.246 e. The van der Waals surface area contributed by atoms with E-state index >= 15 is 0 Å². The molecule has 29 heavy (non-hydrogen) atoms. The quantitative estimate of drug-likeness (QED) is 0.749. The maximum atomic E-state index is 13.9. The molecule has 1 aliphatic heterocycles. The van der Waals surface area contributed by atoms with Crippen molar-refractivity contribution in [3.63, 3.8) is 0 Å². The first-order valence-electron chi connectivity index (χ1n) is 8.91. The molecule has 1 heterocycles. The fourth-order valence-corrected chi connectivity index (χ4v) is 4.50. The number of carbonyl (C=O) groups excluding carboxylic acids is 1. The van der Waals surface area contributed by atoms with Crippen molar-refractivity contribution >= 4 is 22.0 Å². The van der Waals surface area contributed by atoms with E-state index in [4.69, 9.17) is 4.74 Å². The topological polar surface area (TPSA) is 87.2 Å². The Kier molecular flexibility index (Phi) is 6.19. The van der Waals surface area contributed by atoms with E-state index in [-0.39, 0.29) is 42.7 Å². The van der Waals surface area contributed by atoms with E-state index in [0.717, 1.165) is 6.07 Å². The summed E-state index contributed by atoms with van der Waals surface area (Å²) in [5.74, 6) is -0.757. The molecule has 0 aromatic heterocycles. The molecule has 2 aromatic rings. The summed E-state index contributed by atoms with van der Waals surface area (Å²) in [5.41, 5.74) is 0.675. The van der Waals surface area contributed by atoms with Gasteiger partial charge in [0.15, 0.2) is 11.5 Å². The lowest BCUT2D eigenvalue weighted by atomic mass is 10.2. The first-order chi connectivity index (χ1) is 13.8. The highest BCUT2D eigenvalue weighted by molar-refractivity contribution is 7.89. The molecule has 1 fully saturated rings. The number of methoxy groups -OCH3 is 1. The fourth-order valence-electron chi connectivity index (χ4n) is 3.01. The van der Waals surface area contributed by atoms with Crippen LogP contribution < -0.4 is 4.74 Å². The van der Waals surface area contributed by atoms with Gasteiger partial charge < -0.3 is 14.7 Å². The van der Waals surface area contributed by atoms with Gasteiger partial charge in [-0.05, 0) is 35.9 Å². The summed E-state index contributed by atoms with van der Waals surface area (Å²) >= 11 is 0. The molecule has 1 amide bonds. The molecule has 2 aromatic carbocycles. The summed E-state index contributed by atoms with van der Waals surface area (Å²) in [4.78, 5) is 13.6. The number of nitrogens with zero attached hydrogens (tertiary/aromatic N) is 2. The molecule has 1 aliphatic rings. The van der Waals surface area contributed by atoms with Gasteiger partial charge in [-0.3, -0.25) is 4.79 Å². The average Bonchev–Trinajstić information content (AvgIpc) is 2.73. The van der Waals surface area contributed by atoms with Gasteiger partial charge >= 0.3 is 0 Å². The van der Waals surface area contributed by atoms with Crippen molar-refractivity contribution in [2.75, 3.05) is 33.3 Å². The van der Waals surface area contributed by atoms with Crippen molar-refractivity contribution in [3.05, 3.63) is 59.9 Å². The molecule has 9 heteroatoms. The predicted octanol–water partition coefficient (Wildman–Crippen LogP) is 2.09. The summed E-state index contributed by atoms with van der Waals surface area (Å²) in [7, 11) is -2.51. The molecule has 3 rings (SSSR count). The van der Waals surface area contributed by atoms with Gasteiger partial charge in [-0.2, -0.15) is 4.31 Å². The lowest BCUT2D eigenvalue weighted by Gasteiger charge is -2.33. The summed E-state index contributed by atoms with van der Waals surface area (Å²) in [6.07, 6.45) is 2.97. The van der Waals surface area contributed by atoms with Gasteiger partial charge in [-0.25, -0.2) is 12.8 Å². The summed E-state index contributed by atoms with van der Waals surface area (Å²) in [6, 6.07) is 9.94. The van der Waals surface area contributed by atoms with Crippen molar-refractivity contribution in [1.29, 1.82) is 0 Å². The van der Waals surface area contributed by atoms with Crippen LogP contribution in [-0.4, -0.2) is 61.9 Å². The lowest BCUT2D eigenvalue weighted by molar-refractivity contribution is -0.127. The zero-order chi connectivity index (χ0) is 21.0. The molecule has 1 saturated heterocycles. The Balaban J connectivity index is 1.63. The monoisotopic (exact) mass is 420 g/mol. The largest absolute Gasteiger partial charge is 0.504 e. The Morgan fingerprint density at radius 1 is 1.14 bits per heavy atom. The van der Waals surface area contributed by atoms with Crippen molar-refractivity contribution in [2.45, 2.75) is 4.90 Å². The minimum absolute atomic E-state index is 0.00293. The van der Waals surface area contributed by atoms with Crippen LogP contribution in [0.1, 0.15) is 5.56 Å². The molecule has 0 aliphatic carbocycles. The molecule has 0 spiro atoms. The van der Waals surface area contributed by atoms with Gasteiger partial charge in [0.2, 0.25) is 15.9 Å². The van der Waals surface area contributed by atoms with Gasteiger partial charge in [0.1, 0.15) is 10.7 Å². The number of carbonyl (C=O) groups is 1. The number of hydrogen-bond acceptors (Lipinski definition) is 5. The first kappa shape index (κ1) is 20.8. The molecule has 0 saturated carbocycles. The second-order valence-electron chi connectivity index (χ2n) is 6.42. The Labute approximate surface area is 168 Å². The van der Waals surface area contributed by atoms with Crippen molar-refractivity contribution in [1.82, 2.24) is 9.21 Å². The minimum atomic E-state index is -3.94. The summed E-state index contributed by atoms with van der Waals surface area (Å²) < 4.78 is 45.3. The molecule has 154 valence electrons. The molecular weight excluding hydrogens is 399 g/mol. The summed E-state index contributed by atoms with van der Waals surface area (Å²) in [5, 5.41) is 9.60. The van der Waals surface area contributed by atoms with Gasteiger partial charge in [-0.1, -0.05) is 18.2 Å². The number of hydrogen-bond donors (Lipinski definition) is 1. The first-order valence-corrected chi connectivity index (χ1v) is 10.4. The Hall–Kier alpha value is -2.91. The third-order valence-electron chi connectivity index (χ3n) is 4.63. The van der Waals surface area contributed by atoms with Gasteiger partial charge in [0, 0.05) is 32.3 Å². The fraction of sp³-hybridized carbons (Fsp3) is 0.250. The van der Waals surface area contributed by atoms with E-state index in [2.05, 4.69) is 0 Å². The number of sulfonamides is 1. The average molecular weight is 420 g/mol. The van der Waals surface area contributed by atoms with E-state index in [1.54, 1.807) is 18.2 Å². The van der Waals surface area contributed by atoms with Crippen LogP contribution in [0.3, 0.4) is 0 Å². The maximum absolute atomic E-state index is 13.9. The van der Waals surface area contributed by atoms with Crippen molar-refractivity contribution < 1.29 is 27.4 Å². The SMILES string of the molecule is COc1cc(/C=C/C(=O)N2CCN(S(=O)(=O)c3ccccc3F)CC2)ccc1O. The molecule has 0 atom stereocenters. The lowest BCUT2D eigenvalue weighted by Crippen LogP contribution is -2.50. The molecule has 7 nitrogen and oxygen atoms in total. The number of piperazine rings is 1. The van der Waals surface area contributed by atoms with Gasteiger partial charge in [-0.15, -0.1) is 0 Å². The van der Waals surface area contributed by atoms with Crippen LogP contribution in [0, 0.1) is 5.82 Å². The van der Waals surface area contributed by atoms with Crippen LogP contribution >= 0.6 is 0 Å². The standard InChI is InChI=1S/C20H21FN2O5S/c1-28-18-14-15(6-8-17(18)24)7-9-20(25)22-10-12-23(13-11-22)29(26,27)19-5-3-2-4-16(19)21/h2-9,14,24H,10-13H2,1H3/b9-7+. The van der Waals surface area contributed by atoms with E-state index in [9.17, 15) is 22.7 Å². The Bertz CT molecular complexity index is 1030. The number of amides is 1. The third-order valence-corrected chi connectivity index (χ3v) is 6.56. The zero-order valence-electron chi connectivity index (χ0n) is 15.8. The predicted molar refractivity (Wildman–Crippen MR) is 105 cm³/mol. The number of rotatable bonds is 5. The second kappa shape index (κ2) is 8.62. The van der Waals surface area contributed by atoms with E-state index in [1.165, 1.54) is 46.7 Å². The van der Waals surface area contributed by atoms with Crippen LogP contribution in [0.4, 0.5) is 4.39 Å². The highest BCUT2D eigenvalue weighted by Gasteiger charge is 2.31. The third kappa shape index (κ3) is 4.57. The number of phenolic OH excluding ortho intramolecular Hbond substituents is 1. The van der Waals surface area contributed by atoms with Crippen LogP contribution in [-0.2, 0) is 14.8 Å². The molecule has 0 radical (unpaired) electrons. The Morgan fingerprint density at radius 2 is 1.83 bits per heavy atom. The highest BCUT2D eigenvalue weighted by Crippen LogP contribution is 2.27. The van der Waals surface area contributed by atoms with E-state index in [0.29, 0.717) is 11.3 Å². The van der Waals surface area contributed by atoms with E-state index in [1.807, 2.05) is 0 Å². The normalized spacial score (nSPS) is 15.6. The van der Waals surface area contributed by atoms with Crippen LogP contribution in [0.2, 0.25) is 0 Å². The van der Waals surface area contributed by atoms with Crippen molar-refractivity contribution in [2.24, 2.45) is 0 Å². The Morgan fingerprint density at radius 3 is 2.48 bits per heavy atom. The molecular formula is C20H21FN2O5S. The number of halogens is 1.